The summed E-state index contributed by atoms with van der Waals surface area (Å²) in [7, 11) is 0. The third-order valence-electron chi connectivity index (χ3n) is 4.41. The fraction of sp³-hybridized carbons (Fsp3) is 0.733. The van der Waals surface area contributed by atoms with Gasteiger partial charge in [0, 0.05) is 63.8 Å². The van der Waals surface area contributed by atoms with Gasteiger partial charge in [-0.05, 0) is 19.3 Å². The van der Waals surface area contributed by atoms with Crippen LogP contribution in [0.3, 0.4) is 0 Å². The number of nitrogens with zero attached hydrogens (tertiary/aromatic N) is 4. The number of carbonyl (C=O) groups is 1. The van der Waals surface area contributed by atoms with Gasteiger partial charge in [-0.1, -0.05) is 0 Å². The normalized spacial score (nSPS) is 20.8. The van der Waals surface area contributed by atoms with Crippen molar-refractivity contribution in [3.63, 3.8) is 0 Å². The highest BCUT2D eigenvalue weighted by Crippen LogP contribution is 2.19. The van der Waals surface area contributed by atoms with Gasteiger partial charge in [0.2, 0.25) is 5.91 Å². The smallest absolute Gasteiger partial charge is 0.223 e. The number of aromatic nitrogens is 1. The van der Waals surface area contributed by atoms with E-state index in [9.17, 15) is 4.79 Å². The van der Waals surface area contributed by atoms with E-state index in [2.05, 4.69) is 19.7 Å². The number of thiazole rings is 1. The molecule has 1 aromatic rings. The van der Waals surface area contributed by atoms with Crippen molar-refractivity contribution in [1.82, 2.24) is 14.8 Å². The molecule has 1 aromatic heterocycles. The lowest BCUT2D eigenvalue weighted by Crippen LogP contribution is -2.47. The first kappa shape index (κ1) is 14.8. The molecule has 2 aliphatic rings. The van der Waals surface area contributed by atoms with E-state index >= 15 is 0 Å². The number of rotatable bonds is 4. The van der Waals surface area contributed by atoms with Gasteiger partial charge in [-0.3, -0.25) is 9.69 Å². The summed E-state index contributed by atoms with van der Waals surface area (Å²) < 4.78 is 0. The number of hydrogen-bond acceptors (Lipinski definition) is 5. The maximum Gasteiger partial charge on any atom is 0.223 e. The van der Waals surface area contributed by atoms with E-state index in [0.717, 1.165) is 50.9 Å². The minimum atomic E-state index is 0.344. The van der Waals surface area contributed by atoms with Gasteiger partial charge in [-0.2, -0.15) is 0 Å². The SMILES string of the molecule is O=C(CCN1CCN(c2nccs2)CC1)N1CCCCC1. The van der Waals surface area contributed by atoms with Crippen molar-refractivity contribution in [3.8, 4) is 0 Å². The van der Waals surface area contributed by atoms with Gasteiger partial charge in [0.25, 0.3) is 0 Å². The summed E-state index contributed by atoms with van der Waals surface area (Å²) in [4.78, 5) is 23.3. The Morgan fingerprint density at radius 3 is 2.52 bits per heavy atom. The van der Waals surface area contributed by atoms with Crippen LogP contribution in [0.25, 0.3) is 0 Å². The molecule has 0 aromatic carbocycles. The van der Waals surface area contributed by atoms with E-state index in [1.54, 1.807) is 11.3 Å². The summed E-state index contributed by atoms with van der Waals surface area (Å²) in [6.07, 6.45) is 6.18. The van der Waals surface area contributed by atoms with Crippen LogP contribution in [-0.2, 0) is 4.79 Å². The number of amides is 1. The molecule has 3 heterocycles. The minimum absolute atomic E-state index is 0.344. The summed E-state index contributed by atoms with van der Waals surface area (Å²) in [5, 5.41) is 3.15. The van der Waals surface area contributed by atoms with Gasteiger partial charge in [-0.15, -0.1) is 11.3 Å². The number of piperazine rings is 1. The van der Waals surface area contributed by atoms with Crippen molar-refractivity contribution in [2.45, 2.75) is 25.7 Å². The molecule has 0 N–H and O–H groups in total. The first-order chi connectivity index (χ1) is 10.3. The minimum Gasteiger partial charge on any atom is -0.346 e. The third kappa shape index (κ3) is 3.95. The molecule has 116 valence electrons. The molecule has 1 amide bonds. The number of carbonyl (C=O) groups excluding carboxylic acids is 1. The molecule has 0 bridgehead atoms. The van der Waals surface area contributed by atoms with E-state index < -0.39 is 0 Å². The summed E-state index contributed by atoms with van der Waals surface area (Å²) in [5.74, 6) is 0.344. The topological polar surface area (TPSA) is 39.7 Å². The molecule has 0 aliphatic carbocycles. The van der Waals surface area contributed by atoms with Crippen LogP contribution in [0.4, 0.5) is 5.13 Å². The summed E-state index contributed by atoms with van der Waals surface area (Å²) >= 11 is 1.70. The summed E-state index contributed by atoms with van der Waals surface area (Å²) in [6, 6.07) is 0. The average Bonchev–Trinajstić information content (AvgIpc) is 3.08. The lowest BCUT2D eigenvalue weighted by atomic mass is 10.1. The second kappa shape index (κ2) is 7.22. The van der Waals surface area contributed by atoms with Gasteiger partial charge in [0.15, 0.2) is 5.13 Å². The van der Waals surface area contributed by atoms with Crippen molar-refractivity contribution in [2.24, 2.45) is 0 Å². The maximum atomic E-state index is 12.2. The second-order valence-electron chi connectivity index (χ2n) is 5.83. The van der Waals surface area contributed by atoms with E-state index in [-0.39, 0.29) is 0 Å². The van der Waals surface area contributed by atoms with Crippen LogP contribution in [0.15, 0.2) is 11.6 Å². The highest BCUT2D eigenvalue weighted by Gasteiger charge is 2.21. The van der Waals surface area contributed by atoms with Gasteiger partial charge in [0.1, 0.15) is 0 Å². The van der Waals surface area contributed by atoms with Crippen LogP contribution in [0.1, 0.15) is 25.7 Å². The lowest BCUT2D eigenvalue weighted by molar-refractivity contribution is -0.132. The Hall–Kier alpha value is -1.14. The summed E-state index contributed by atoms with van der Waals surface area (Å²) in [5.41, 5.74) is 0. The zero-order chi connectivity index (χ0) is 14.5. The van der Waals surface area contributed by atoms with Crippen LogP contribution < -0.4 is 4.90 Å². The van der Waals surface area contributed by atoms with Gasteiger partial charge in [0.05, 0.1) is 0 Å². The van der Waals surface area contributed by atoms with Gasteiger partial charge in [-0.25, -0.2) is 4.98 Å². The van der Waals surface area contributed by atoms with Crippen LogP contribution >= 0.6 is 11.3 Å². The van der Waals surface area contributed by atoms with Crippen molar-refractivity contribution in [3.05, 3.63) is 11.6 Å². The zero-order valence-corrected chi connectivity index (χ0v) is 13.4. The second-order valence-corrected chi connectivity index (χ2v) is 6.71. The van der Waals surface area contributed by atoms with Crippen molar-refractivity contribution < 1.29 is 4.79 Å². The lowest BCUT2D eigenvalue weighted by Gasteiger charge is -2.35. The third-order valence-corrected chi connectivity index (χ3v) is 5.24. The quantitative estimate of drug-likeness (QED) is 0.848. The number of piperidine rings is 1. The van der Waals surface area contributed by atoms with Crippen molar-refractivity contribution in [2.75, 3.05) is 50.7 Å². The monoisotopic (exact) mass is 308 g/mol. The molecule has 3 rings (SSSR count). The van der Waals surface area contributed by atoms with E-state index in [4.69, 9.17) is 0 Å². The molecule has 2 fully saturated rings. The number of likely N-dealkylation sites (tertiary alicyclic amines) is 1. The van der Waals surface area contributed by atoms with E-state index in [1.165, 1.54) is 19.3 Å². The zero-order valence-electron chi connectivity index (χ0n) is 12.5. The molecule has 0 radical (unpaired) electrons. The molecule has 5 nitrogen and oxygen atoms in total. The molecule has 0 saturated carbocycles. The first-order valence-corrected chi connectivity index (χ1v) is 8.85. The summed E-state index contributed by atoms with van der Waals surface area (Å²) in [6.45, 7) is 6.95. The Morgan fingerprint density at radius 1 is 1.10 bits per heavy atom. The van der Waals surface area contributed by atoms with Crippen LogP contribution in [0, 0.1) is 0 Å². The Balaban J connectivity index is 1.38. The number of anilines is 1. The van der Waals surface area contributed by atoms with Crippen LogP contribution in [0.5, 0.6) is 0 Å². The van der Waals surface area contributed by atoms with E-state index in [1.807, 2.05) is 11.6 Å². The highest BCUT2D eigenvalue weighted by molar-refractivity contribution is 7.13. The molecular weight excluding hydrogens is 284 g/mol. The van der Waals surface area contributed by atoms with Crippen LogP contribution in [0.2, 0.25) is 0 Å². The first-order valence-electron chi connectivity index (χ1n) is 7.97. The maximum absolute atomic E-state index is 12.2. The van der Waals surface area contributed by atoms with Gasteiger partial charge >= 0.3 is 0 Å². The van der Waals surface area contributed by atoms with Crippen molar-refractivity contribution >= 4 is 22.4 Å². The molecule has 2 aliphatic heterocycles. The van der Waals surface area contributed by atoms with Crippen LogP contribution in [-0.4, -0.2) is 66.5 Å². The fourth-order valence-corrected chi connectivity index (χ4v) is 3.79. The standard InChI is InChI=1S/C15H24N4OS/c20-14(18-6-2-1-3-7-18)4-8-17-9-11-19(12-10-17)15-16-5-13-21-15/h5,13H,1-4,6-12H2. The van der Waals surface area contributed by atoms with E-state index in [0.29, 0.717) is 12.3 Å². The Labute approximate surface area is 130 Å². The predicted octanol–water partition coefficient (Wildman–Crippen LogP) is 1.67. The predicted molar refractivity (Wildman–Crippen MR) is 85.8 cm³/mol. The molecule has 0 unspecified atom stereocenters. The van der Waals surface area contributed by atoms with Crippen molar-refractivity contribution in [1.29, 1.82) is 0 Å². The Morgan fingerprint density at radius 2 is 1.86 bits per heavy atom. The average molecular weight is 308 g/mol. The number of hydrogen-bond donors (Lipinski definition) is 0. The molecule has 0 atom stereocenters. The molecular formula is C15H24N4OS. The molecule has 2 saturated heterocycles. The fourth-order valence-electron chi connectivity index (χ4n) is 3.09. The Kier molecular flexibility index (Phi) is 5.08. The molecule has 21 heavy (non-hydrogen) atoms. The molecule has 6 heteroatoms. The Bertz CT molecular complexity index is 437. The highest BCUT2D eigenvalue weighted by atomic mass is 32.1. The van der Waals surface area contributed by atoms with Gasteiger partial charge < -0.3 is 9.80 Å². The largest absolute Gasteiger partial charge is 0.346 e. The molecule has 0 spiro atoms.